The van der Waals surface area contributed by atoms with Gasteiger partial charge in [-0.3, -0.25) is 15.4 Å². The standard InChI is InChI=1S/C14H20N4O2/c1-10-4-5-11(12(8-10)16-15)14(20)18-7-3-6-17(2)13(19)9-18/h4-5,8,16H,3,6-7,9,15H2,1-2H3. The highest BCUT2D eigenvalue weighted by atomic mass is 16.2. The molecule has 0 radical (unpaired) electrons. The van der Waals surface area contributed by atoms with Gasteiger partial charge in [0.25, 0.3) is 5.91 Å². The maximum absolute atomic E-state index is 12.6. The molecule has 0 atom stereocenters. The van der Waals surface area contributed by atoms with Crippen molar-refractivity contribution in [3.8, 4) is 0 Å². The Bertz CT molecular complexity index is 530. The van der Waals surface area contributed by atoms with Crippen molar-refractivity contribution in [2.24, 2.45) is 5.84 Å². The molecule has 0 saturated carbocycles. The Labute approximate surface area is 118 Å². The molecule has 1 fully saturated rings. The van der Waals surface area contributed by atoms with E-state index in [1.807, 2.05) is 19.1 Å². The highest BCUT2D eigenvalue weighted by molar-refractivity contribution is 6.01. The van der Waals surface area contributed by atoms with E-state index in [-0.39, 0.29) is 18.4 Å². The predicted octanol–water partition coefficient (Wildman–Crippen LogP) is 0.585. The molecule has 0 aromatic heterocycles. The molecular weight excluding hydrogens is 256 g/mol. The number of hydrazine groups is 1. The Morgan fingerprint density at radius 1 is 1.35 bits per heavy atom. The van der Waals surface area contributed by atoms with E-state index in [0.717, 1.165) is 12.0 Å². The maximum Gasteiger partial charge on any atom is 0.256 e. The van der Waals surface area contributed by atoms with Gasteiger partial charge in [0.2, 0.25) is 5.91 Å². The molecule has 6 nitrogen and oxygen atoms in total. The first-order valence-corrected chi connectivity index (χ1v) is 6.63. The van der Waals surface area contributed by atoms with Gasteiger partial charge in [-0.1, -0.05) is 6.07 Å². The van der Waals surface area contributed by atoms with Crippen molar-refractivity contribution >= 4 is 17.5 Å². The first-order valence-electron chi connectivity index (χ1n) is 6.63. The van der Waals surface area contributed by atoms with Crippen LogP contribution in [0, 0.1) is 6.92 Å². The van der Waals surface area contributed by atoms with Crippen molar-refractivity contribution < 1.29 is 9.59 Å². The molecule has 6 heteroatoms. The normalized spacial score (nSPS) is 16.1. The molecule has 0 bridgehead atoms. The van der Waals surface area contributed by atoms with Crippen LogP contribution in [0.15, 0.2) is 18.2 Å². The number of hydrogen-bond donors (Lipinski definition) is 2. The van der Waals surface area contributed by atoms with E-state index in [9.17, 15) is 9.59 Å². The SMILES string of the molecule is Cc1ccc(C(=O)N2CCCN(C)C(=O)C2)c(NN)c1. The van der Waals surface area contributed by atoms with Gasteiger partial charge in [0.15, 0.2) is 0 Å². The summed E-state index contributed by atoms with van der Waals surface area (Å²) in [5.74, 6) is 5.27. The summed E-state index contributed by atoms with van der Waals surface area (Å²) < 4.78 is 0. The zero-order valence-corrected chi connectivity index (χ0v) is 11.8. The Hall–Kier alpha value is -2.08. The van der Waals surface area contributed by atoms with Gasteiger partial charge < -0.3 is 15.2 Å². The molecule has 0 unspecified atom stereocenters. The van der Waals surface area contributed by atoms with Gasteiger partial charge in [0, 0.05) is 20.1 Å². The average molecular weight is 276 g/mol. The van der Waals surface area contributed by atoms with Crippen LogP contribution >= 0.6 is 0 Å². The van der Waals surface area contributed by atoms with E-state index in [0.29, 0.717) is 24.3 Å². The van der Waals surface area contributed by atoms with E-state index in [4.69, 9.17) is 5.84 Å². The van der Waals surface area contributed by atoms with Crippen LogP contribution < -0.4 is 11.3 Å². The van der Waals surface area contributed by atoms with Crippen molar-refractivity contribution in [2.45, 2.75) is 13.3 Å². The second kappa shape index (κ2) is 5.92. The van der Waals surface area contributed by atoms with Gasteiger partial charge in [0.05, 0.1) is 11.3 Å². The van der Waals surface area contributed by atoms with Crippen molar-refractivity contribution in [1.82, 2.24) is 9.80 Å². The lowest BCUT2D eigenvalue weighted by Crippen LogP contribution is -2.38. The van der Waals surface area contributed by atoms with E-state index in [1.54, 1.807) is 22.9 Å². The Kier molecular flexibility index (Phi) is 4.24. The Morgan fingerprint density at radius 3 is 2.80 bits per heavy atom. The predicted molar refractivity (Wildman–Crippen MR) is 77.1 cm³/mol. The van der Waals surface area contributed by atoms with Crippen molar-refractivity contribution in [2.75, 3.05) is 32.1 Å². The summed E-state index contributed by atoms with van der Waals surface area (Å²) in [5, 5.41) is 0. The Balaban J connectivity index is 2.24. The first-order chi connectivity index (χ1) is 9.52. The smallest absolute Gasteiger partial charge is 0.256 e. The number of carbonyl (C=O) groups excluding carboxylic acids is 2. The quantitative estimate of drug-likeness (QED) is 0.612. The monoisotopic (exact) mass is 276 g/mol. The molecule has 1 heterocycles. The largest absolute Gasteiger partial charge is 0.344 e. The number of nitrogen functional groups attached to an aromatic ring is 1. The van der Waals surface area contributed by atoms with Crippen molar-refractivity contribution in [1.29, 1.82) is 0 Å². The number of nitrogens with zero attached hydrogens (tertiary/aromatic N) is 2. The summed E-state index contributed by atoms with van der Waals surface area (Å²) >= 11 is 0. The Morgan fingerprint density at radius 2 is 2.10 bits per heavy atom. The van der Waals surface area contributed by atoms with Crippen LogP contribution in [0.5, 0.6) is 0 Å². The molecule has 108 valence electrons. The number of carbonyl (C=O) groups is 2. The third-order valence-electron chi connectivity index (χ3n) is 3.52. The lowest BCUT2D eigenvalue weighted by atomic mass is 10.1. The lowest BCUT2D eigenvalue weighted by Gasteiger charge is -2.21. The number of nitrogens with two attached hydrogens (primary N) is 1. The topological polar surface area (TPSA) is 78.7 Å². The lowest BCUT2D eigenvalue weighted by molar-refractivity contribution is -0.129. The molecule has 20 heavy (non-hydrogen) atoms. The minimum absolute atomic E-state index is 0.0368. The number of likely N-dealkylation sites (N-methyl/N-ethyl adjacent to an activating group) is 1. The number of benzene rings is 1. The number of rotatable bonds is 2. The molecule has 1 aliphatic rings. The van der Waals surface area contributed by atoms with Gasteiger partial charge in [-0.2, -0.15) is 0 Å². The number of amides is 2. The van der Waals surface area contributed by atoms with Crippen LogP contribution in [0.4, 0.5) is 5.69 Å². The average Bonchev–Trinajstić information content (AvgIpc) is 2.60. The summed E-state index contributed by atoms with van der Waals surface area (Å²) in [6.45, 7) is 3.30. The summed E-state index contributed by atoms with van der Waals surface area (Å²) in [6.07, 6.45) is 0.783. The summed E-state index contributed by atoms with van der Waals surface area (Å²) in [7, 11) is 1.76. The molecule has 3 N–H and O–H groups in total. The second-order valence-corrected chi connectivity index (χ2v) is 5.09. The van der Waals surface area contributed by atoms with Crippen LogP contribution in [0.1, 0.15) is 22.3 Å². The molecule has 0 aliphatic carbocycles. The molecule has 2 rings (SSSR count). The highest BCUT2D eigenvalue weighted by Crippen LogP contribution is 2.19. The van der Waals surface area contributed by atoms with E-state index in [2.05, 4.69) is 5.43 Å². The third-order valence-corrected chi connectivity index (χ3v) is 3.52. The van der Waals surface area contributed by atoms with Crippen LogP contribution in [0.25, 0.3) is 0 Å². The number of aryl methyl sites for hydroxylation is 1. The van der Waals surface area contributed by atoms with Crippen LogP contribution in [-0.4, -0.2) is 48.3 Å². The van der Waals surface area contributed by atoms with Gasteiger partial charge in [0.1, 0.15) is 6.54 Å². The molecule has 2 amide bonds. The molecule has 1 aromatic carbocycles. The zero-order valence-electron chi connectivity index (χ0n) is 11.8. The minimum atomic E-state index is -0.165. The van der Waals surface area contributed by atoms with E-state index < -0.39 is 0 Å². The van der Waals surface area contributed by atoms with Gasteiger partial charge in [-0.25, -0.2) is 0 Å². The fourth-order valence-corrected chi connectivity index (χ4v) is 2.29. The molecule has 1 aliphatic heterocycles. The van der Waals surface area contributed by atoms with E-state index >= 15 is 0 Å². The number of anilines is 1. The molecule has 0 spiro atoms. The number of hydrogen-bond acceptors (Lipinski definition) is 4. The van der Waals surface area contributed by atoms with Crippen molar-refractivity contribution in [3.05, 3.63) is 29.3 Å². The van der Waals surface area contributed by atoms with Crippen LogP contribution in [0.2, 0.25) is 0 Å². The number of nitrogens with one attached hydrogen (secondary N) is 1. The minimum Gasteiger partial charge on any atom is -0.344 e. The van der Waals surface area contributed by atoms with Gasteiger partial charge in [-0.05, 0) is 31.0 Å². The van der Waals surface area contributed by atoms with Crippen LogP contribution in [-0.2, 0) is 4.79 Å². The fraction of sp³-hybridized carbons (Fsp3) is 0.429. The van der Waals surface area contributed by atoms with Crippen LogP contribution in [0.3, 0.4) is 0 Å². The van der Waals surface area contributed by atoms with Gasteiger partial charge >= 0.3 is 0 Å². The fourth-order valence-electron chi connectivity index (χ4n) is 2.29. The molecule has 1 saturated heterocycles. The zero-order chi connectivity index (χ0) is 14.7. The molecule has 1 aromatic rings. The highest BCUT2D eigenvalue weighted by Gasteiger charge is 2.25. The van der Waals surface area contributed by atoms with E-state index in [1.165, 1.54) is 0 Å². The van der Waals surface area contributed by atoms with Gasteiger partial charge in [-0.15, -0.1) is 0 Å². The maximum atomic E-state index is 12.6. The third kappa shape index (κ3) is 2.91. The summed E-state index contributed by atoms with van der Waals surface area (Å²) in [5.41, 5.74) is 4.64. The summed E-state index contributed by atoms with van der Waals surface area (Å²) in [6, 6.07) is 5.42. The molecular formula is C14H20N4O2. The summed E-state index contributed by atoms with van der Waals surface area (Å²) in [4.78, 5) is 27.7. The second-order valence-electron chi connectivity index (χ2n) is 5.09. The van der Waals surface area contributed by atoms with Crippen molar-refractivity contribution in [3.63, 3.8) is 0 Å². The first kappa shape index (κ1) is 14.3.